The van der Waals surface area contributed by atoms with Gasteiger partial charge >= 0.3 is 0 Å². The van der Waals surface area contributed by atoms with E-state index in [0.29, 0.717) is 32.0 Å². The summed E-state index contributed by atoms with van der Waals surface area (Å²) < 4.78 is 28.3. The van der Waals surface area contributed by atoms with E-state index >= 15 is 0 Å². The summed E-state index contributed by atoms with van der Waals surface area (Å²) in [7, 11) is -1.69. The molecule has 0 aromatic carbocycles. The molecule has 1 aliphatic rings. The molecule has 0 saturated carbocycles. The molecule has 0 atom stereocenters. The van der Waals surface area contributed by atoms with Gasteiger partial charge in [0.2, 0.25) is 0 Å². The normalized spacial score (nSPS) is 18.2. The molecule has 0 bridgehead atoms. The van der Waals surface area contributed by atoms with E-state index in [-0.39, 0.29) is 23.0 Å². The Hall–Kier alpha value is -0.670. The number of halogens is 1. The third kappa shape index (κ3) is 4.42. The lowest BCUT2D eigenvalue weighted by molar-refractivity contribution is 0.162. The summed E-state index contributed by atoms with van der Waals surface area (Å²) in [6, 6.07) is 0. The zero-order chi connectivity index (χ0) is 15.8. The van der Waals surface area contributed by atoms with Gasteiger partial charge in [0.1, 0.15) is 5.82 Å². The molecule has 1 aliphatic heterocycles. The summed E-state index contributed by atoms with van der Waals surface area (Å²) in [6.45, 7) is 8.88. The van der Waals surface area contributed by atoms with Gasteiger partial charge in [0.05, 0.1) is 0 Å². The van der Waals surface area contributed by atoms with Crippen LogP contribution < -0.4 is 5.73 Å². The van der Waals surface area contributed by atoms with Gasteiger partial charge in [0.15, 0.2) is 5.03 Å². The molecule has 128 valence electrons. The number of imidazole rings is 1. The average Bonchev–Trinajstić information content (AvgIpc) is 2.69. The summed E-state index contributed by atoms with van der Waals surface area (Å²) in [4.78, 5) is 6.34. The molecule has 2 heterocycles. The SMILES string of the molecule is Cc1nc(S(=O)(=O)N2CCN(CC(C)(C)N)CC2)cn1C.Cl. The van der Waals surface area contributed by atoms with Gasteiger partial charge in [-0.2, -0.15) is 4.31 Å². The summed E-state index contributed by atoms with van der Waals surface area (Å²) in [5.41, 5.74) is 5.75. The van der Waals surface area contributed by atoms with E-state index in [1.807, 2.05) is 13.8 Å². The quantitative estimate of drug-likeness (QED) is 0.837. The fraction of sp³-hybridized carbons (Fsp3) is 0.769. The Kier molecular flexibility index (Phi) is 6.02. The third-order valence-corrected chi connectivity index (χ3v) is 5.42. The maximum atomic E-state index is 12.6. The van der Waals surface area contributed by atoms with E-state index in [1.54, 1.807) is 24.7 Å². The largest absolute Gasteiger partial charge is 0.337 e. The lowest BCUT2D eigenvalue weighted by Gasteiger charge is -2.36. The standard InChI is InChI=1S/C13H25N5O2S.ClH/c1-11-15-12(9-16(11)4)21(19,20)18-7-5-17(6-8-18)10-13(2,3)14;/h9H,5-8,10,14H2,1-4H3;1H. The number of rotatable bonds is 4. The number of aryl methyl sites for hydroxylation is 2. The van der Waals surface area contributed by atoms with Crippen molar-refractivity contribution in [3.8, 4) is 0 Å². The van der Waals surface area contributed by atoms with Crippen LogP contribution in [0.1, 0.15) is 19.7 Å². The molecule has 2 rings (SSSR count). The predicted molar refractivity (Wildman–Crippen MR) is 88.7 cm³/mol. The minimum atomic E-state index is -3.49. The molecule has 1 aromatic rings. The first-order valence-electron chi connectivity index (χ1n) is 7.11. The molecule has 1 fully saturated rings. The molecular formula is C13H26ClN5O2S. The molecule has 7 nitrogen and oxygen atoms in total. The van der Waals surface area contributed by atoms with Crippen LogP contribution >= 0.6 is 12.4 Å². The number of aromatic nitrogens is 2. The van der Waals surface area contributed by atoms with Crippen LogP contribution in [-0.2, 0) is 17.1 Å². The molecule has 0 unspecified atom stereocenters. The fourth-order valence-corrected chi connectivity index (χ4v) is 3.93. The van der Waals surface area contributed by atoms with Gasteiger partial charge in [0.25, 0.3) is 10.0 Å². The summed E-state index contributed by atoms with van der Waals surface area (Å²) in [5.74, 6) is 0.692. The lowest BCUT2D eigenvalue weighted by atomic mass is 10.1. The van der Waals surface area contributed by atoms with Crippen LogP contribution in [0.5, 0.6) is 0 Å². The van der Waals surface area contributed by atoms with Crippen molar-refractivity contribution in [3.63, 3.8) is 0 Å². The Bertz CT molecular complexity index is 581. The molecule has 1 aromatic heterocycles. The number of sulfonamides is 1. The number of nitrogens with two attached hydrogens (primary N) is 1. The van der Waals surface area contributed by atoms with Crippen molar-refractivity contribution in [2.45, 2.75) is 31.3 Å². The Labute approximate surface area is 138 Å². The second-order valence-electron chi connectivity index (χ2n) is 6.41. The third-order valence-electron chi connectivity index (χ3n) is 3.65. The van der Waals surface area contributed by atoms with Crippen molar-refractivity contribution in [2.75, 3.05) is 32.7 Å². The van der Waals surface area contributed by atoms with Crippen LogP contribution in [0.3, 0.4) is 0 Å². The topological polar surface area (TPSA) is 84.5 Å². The molecule has 22 heavy (non-hydrogen) atoms. The van der Waals surface area contributed by atoms with Crippen LogP contribution in [0.25, 0.3) is 0 Å². The number of hydrogen-bond donors (Lipinski definition) is 1. The molecule has 2 N–H and O–H groups in total. The minimum absolute atomic E-state index is 0. The highest BCUT2D eigenvalue weighted by molar-refractivity contribution is 7.89. The van der Waals surface area contributed by atoms with Crippen LogP contribution in [0.4, 0.5) is 0 Å². The lowest BCUT2D eigenvalue weighted by Crippen LogP contribution is -2.54. The second kappa shape index (κ2) is 6.84. The van der Waals surface area contributed by atoms with Gasteiger partial charge in [0, 0.05) is 51.5 Å². The Morgan fingerprint density at radius 1 is 1.27 bits per heavy atom. The van der Waals surface area contributed by atoms with Crippen molar-refractivity contribution < 1.29 is 8.42 Å². The number of hydrogen-bond acceptors (Lipinski definition) is 5. The Balaban J connectivity index is 0.00000242. The summed E-state index contributed by atoms with van der Waals surface area (Å²) >= 11 is 0. The predicted octanol–water partition coefficient (Wildman–Crippen LogP) is 0.194. The molecular weight excluding hydrogens is 326 g/mol. The Morgan fingerprint density at radius 3 is 2.23 bits per heavy atom. The van der Waals surface area contributed by atoms with E-state index in [0.717, 1.165) is 6.54 Å². The van der Waals surface area contributed by atoms with E-state index in [4.69, 9.17) is 5.73 Å². The zero-order valence-electron chi connectivity index (χ0n) is 13.6. The van der Waals surface area contributed by atoms with Crippen LogP contribution in [0.2, 0.25) is 0 Å². The van der Waals surface area contributed by atoms with Crippen molar-refractivity contribution in [1.82, 2.24) is 18.8 Å². The van der Waals surface area contributed by atoms with Crippen molar-refractivity contribution in [2.24, 2.45) is 12.8 Å². The molecule has 0 aliphatic carbocycles. The molecule has 0 amide bonds. The maximum absolute atomic E-state index is 12.6. The van der Waals surface area contributed by atoms with Gasteiger partial charge in [-0.1, -0.05) is 0 Å². The van der Waals surface area contributed by atoms with E-state index in [9.17, 15) is 8.42 Å². The van der Waals surface area contributed by atoms with Gasteiger partial charge in [-0.05, 0) is 20.8 Å². The average molecular weight is 352 g/mol. The van der Waals surface area contributed by atoms with Crippen LogP contribution in [0, 0.1) is 6.92 Å². The molecule has 0 radical (unpaired) electrons. The van der Waals surface area contributed by atoms with Gasteiger partial charge in [-0.15, -0.1) is 12.4 Å². The van der Waals surface area contributed by atoms with Crippen LogP contribution in [0.15, 0.2) is 11.2 Å². The van der Waals surface area contributed by atoms with Gasteiger partial charge in [-0.3, -0.25) is 4.90 Å². The minimum Gasteiger partial charge on any atom is -0.337 e. The molecule has 0 spiro atoms. The number of piperazine rings is 1. The maximum Gasteiger partial charge on any atom is 0.262 e. The monoisotopic (exact) mass is 351 g/mol. The van der Waals surface area contributed by atoms with Crippen molar-refractivity contribution in [1.29, 1.82) is 0 Å². The smallest absolute Gasteiger partial charge is 0.262 e. The van der Waals surface area contributed by atoms with Crippen LogP contribution in [-0.4, -0.2) is 65.4 Å². The highest BCUT2D eigenvalue weighted by Gasteiger charge is 2.31. The fourth-order valence-electron chi connectivity index (χ4n) is 2.49. The highest BCUT2D eigenvalue weighted by Crippen LogP contribution is 2.17. The van der Waals surface area contributed by atoms with Crippen molar-refractivity contribution in [3.05, 3.63) is 12.0 Å². The Morgan fingerprint density at radius 2 is 1.82 bits per heavy atom. The van der Waals surface area contributed by atoms with Gasteiger partial charge < -0.3 is 10.3 Å². The molecule has 9 heteroatoms. The first kappa shape index (κ1) is 19.4. The van der Waals surface area contributed by atoms with E-state index in [2.05, 4.69) is 9.88 Å². The van der Waals surface area contributed by atoms with E-state index < -0.39 is 10.0 Å². The van der Waals surface area contributed by atoms with Crippen molar-refractivity contribution >= 4 is 22.4 Å². The first-order valence-corrected chi connectivity index (χ1v) is 8.55. The number of nitrogens with zero attached hydrogens (tertiary/aromatic N) is 4. The first-order chi connectivity index (χ1) is 9.59. The molecule has 1 saturated heterocycles. The zero-order valence-corrected chi connectivity index (χ0v) is 15.2. The summed E-state index contributed by atoms with van der Waals surface area (Å²) in [6.07, 6.45) is 1.57. The highest BCUT2D eigenvalue weighted by atomic mass is 35.5. The van der Waals surface area contributed by atoms with Gasteiger partial charge in [-0.25, -0.2) is 13.4 Å². The van der Waals surface area contributed by atoms with E-state index in [1.165, 1.54) is 4.31 Å². The second-order valence-corrected chi connectivity index (χ2v) is 8.29. The summed E-state index contributed by atoms with van der Waals surface area (Å²) in [5, 5.41) is 0.134.